The zero-order chi connectivity index (χ0) is 40.5. The number of fused-ring (bicyclic) bond motifs is 4. The Hall–Kier alpha value is -8.14. The van der Waals surface area contributed by atoms with E-state index in [4.69, 9.17) is 0 Å². The summed E-state index contributed by atoms with van der Waals surface area (Å²) in [4.78, 5) is 4.61. The molecule has 61 heavy (non-hydrogen) atoms. The standard InChI is InChI=1S/C58H41N3/c1-5-18-47(19-6-1)59(48-20-7-2-8-21-48)51-34-28-42(29-35-51)45-32-38-57-54(40-45)55-41-46(33-39-58(55)61(57)56-27-15-17-44-16-13-14-26-53(44)56)43-30-36-52(37-31-43)60(49-22-9-3-10-23-49)50-24-11-4-12-25-50/h1-41H. The molecule has 0 spiro atoms. The highest BCUT2D eigenvalue weighted by molar-refractivity contribution is 6.13. The Bertz CT molecular complexity index is 3000. The van der Waals surface area contributed by atoms with Gasteiger partial charge < -0.3 is 14.4 Å². The third-order valence-electron chi connectivity index (χ3n) is 11.7. The number of hydrogen-bond donors (Lipinski definition) is 0. The largest absolute Gasteiger partial charge is 0.311 e. The maximum atomic E-state index is 2.45. The molecule has 3 nitrogen and oxygen atoms in total. The predicted octanol–water partition coefficient (Wildman–Crippen LogP) is 16.2. The summed E-state index contributed by atoms with van der Waals surface area (Å²) in [5.41, 5.74) is 15.0. The van der Waals surface area contributed by atoms with Crippen molar-refractivity contribution in [2.45, 2.75) is 0 Å². The van der Waals surface area contributed by atoms with Gasteiger partial charge in [0.25, 0.3) is 0 Å². The van der Waals surface area contributed by atoms with E-state index in [1.807, 2.05) is 0 Å². The number of hydrogen-bond acceptors (Lipinski definition) is 2. The fourth-order valence-electron chi connectivity index (χ4n) is 8.85. The summed E-state index contributed by atoms with van der Waals surface area (Å²) in [6.07, 6.45) is 0. The minimum absolute atomic E-state index is 1.11. The average Bonchev–Trinajstić information content (AvgIpc) is 3.66. The van der Waals surface area contributed by atoms with E-state index < -0.39 is 0 Å². The molecule has 0 amide bonds. The number of nitrogens with zero attached hydrogens (tertiary/aromatic N) is 3. The lowest BCUT2D eigenvalue weighted by Gasteiger charge is -2.25. The second kappa shape index (κ2) is 15.6. The van der Waals surface area contributed by atoms with Crippen LogP contribution in [0.1, 0.15) is 0 Å². The molecule has 3 heteroatoms. The van der Waals surface area contributed by atoms with E-state index in [9.17, 15) is 0 Å². The van der Waals surface area contributed by atoms with E-state index >= 15 is 0 Å². The van der Waals surface area contributed by atoms with E-state index in [1.54, 1.807) is 0 Å². The van der Waals surface area contributed by atoms with E-state index in [-0.39, 0.29) is 0 Å². The van der Waals surface area contributed by atoms with Gasteiger partial charge in [0.2, 0.25) is 0 Å². The molecule has 0 aliphatic carbocycles. The molecule has 0 N–H and O–H groups in total. The summed E-state index contributed by atoms with van der Waals surface area (Å²) >= 11 is 0. The molecule has 288 valence electrons. The maximum absolute atomic E-state index is 2.45. The number of para-hydroxylation sites is 4. The first-order valence-corrected chi connectivity index (χ1v) is 20.8. The number of rotatable bonds is 9. The molecule has 1 aromatic heterocycles. The monoisotopic (exact) mass is 779 g/mol. The fraction of sp³-hybridized carbons (Fsp3) is 0. The molecule has 0 saturated heterocycles. The molecule has 0 saturated carbocycles. The van der Waals surface area contributed by atoms with Crippen LogP contribution in [0, 0.1) is 0 Å². The molecule has 0 unspecified atom stereocenters. The van der Waals surface area contributed by atoms with E-state index in [0.717, 1.165) is 34.1 Å². The van der Waals surface area contributed by atoms with Crippen LogP contribution < -0.4 is 9.80 Å². The number of aromatic nitrogens is 1. The fourth-order valence-corrected chi connectivity index (χ4v) is 8.85. The van der Waals surface area contributed by atoms with Gasteiger partial charge in [0.15, 0.2) is 0 Å². The van der Waals surface area contributed by atoms with Crippen molar-refractivity contribution >= 4 is 66.7 Å². The van der Waals surface area contributed by atoms with Crippen molar-refractivity contribution in [1.82, 2.24) is 4.57 Å². The van der Waals surface area contributed by atoms with Crippen molar-refractivity contribution in [3.05, 3.63) is 249 Å². The lowest BCUT2D eigenvalue weighted by atomic mass is 9.99. The van der Waals surface area contributed by atoms with Gasteiger partial charge in [-0.25, -0.2) is 0 Å². The van der Waals surface area contributed by atoms with Gasteiger partial charge in [-0.15, -0.1) is 0 Å². The summed E-state index contributed by atoms with van der Waals surface area (Å²) in [6.45, 7) is 0. The zero-order valence-corrected chi connectivity index (χ0v) is 33.5. The first-order valence-electron chi connectivity index (χ1n) is 20.8. The Balaban J connectivity index is 1.03. The van der Waals surface area contributed by atoms with E-state index in [2.05, 4.69) is 263 Å². The van der Waals surface area contributed by atoms with Crippen LogP contribution in [-0.4, -0.2) is 4.57 Å². The lowest BCUT2D eigenvalue weighted by Crippen LogP contribution is -2.09. The van der Waals surface area contributed by atoms with Gasteiger partial charge in [0.05, 0.1) is 16.7 Å². The van der Waals surface area contributed by atoms with Gasteiger partial charge in [0, 0.05) is 50.3 Å². The Morgan fingerprint density at radius 1 is 0.246 bits per heavy atom. The normalized spacial score (nSPS) is 11.3. The van der Waals surface area contributed by atoms with Crippen LogP contribution >= 0.6 is 0 Å². The van der Waals surface area contributed by atoms with Crippen molar-refractivity contribution in [1.29, 1.82) is 0 Å². The average molecular weight is 780 g/mol. The van der Waals surface area contributed by atoms with Gasteiger partial charge in [-0.1, -0.05) is 146 Å². The van der Waals surface area contributed by atoms with Crippen LogP contribution in [0.2, 0.25) is 0 Å². The Morgan fingerprint density at radius 2 is 0.590 bits per heavy atom. The molecule has 0 aliphatic heterocycles. The Kier molecular flexibility index (Phi) is 9.18. The third-order valence-corrected chi connectivity index (χ3v) is 11.7. The summed E-state index contributed by atoms with van der Waals surface area (Å²) in [5, 5.41) is 4.89. The van der Waals surface area contributed by atoms with Crippen molar-refractivity contribution in [2.75, 3.05) is 9.80 Å². The summed E-state index contributed by atoms with van der Waals surface area (Å²) < 4.78 is 2.45. The van der Waals surface area contributed by atoms with Crippen LogP contribution in [0.4, 0.5) is 34.1 Å². The molecule has 11 rings (SSSR count). The van der Waals surface area contributed by atoms with Crippen LogP contribution in [0.25, 0.3) is 60.5 Å². The van der Waals surface area contributed by atoms with Gasteiger partial charge in [-0.3, -0.25) is 0 Å². The van der Waals surface area contributed by atoms with E-state index in [0.29, 0.717) is 0 Å². The molecule has 0 bridgehead atoms. The summed E-state index contributed by atoms with van der Waals surface area (Å²) in [5.74, 6) is 0. The molecular formula is C58H41N3. The smallest absolute Gasteiger partial charge is 0.0541 e. The first kappa shape index (κ1) is 36.0. The highest BCUT2D eigenvalue weighted by Crippen LogP contribution is 2.41. The molecule has 0 atom stereocenters. The van der Waals surface area contributed by atoms with Crippen molar-refractivity contribution in [3.8, 4) is 27.9 Å². The second-order valence-corrected chi connectivity index (χ2v) is 15.4. The van der Waals surface area contributed by atoms with Crippen molar-refractivity contribution < 1.29 is 0 Å². The zero-order valence-electron chi connectivity index (χ0n) is 33.5. The van der Waals surface area contributed by atoms with Gasteiger partial charge >= 0.3 is 0 Å². The minimum Gasteiger partial charge on any atom is -0.311 e. The van der Waals surface area contributed by atoms with Gasteiger partial charge in [-0.05, 0) is 131 Å². The minimum atomic E-state index is 1.11. The lowest BCUT2D eigenvalue weighted by molar-refractivity contribution is 1.20. The third kappa shape index (κ3) is 6.69. The number of anilines is 6. The second-order valence-electron chi connectivity index (χ2n) is 15.4. The topological polar surface area (TPSA) is 11.4 Å². The van der Waals surface area contributed by atoms with Crippen molar-refractivity contribution in [3.63, 3.8) is 0 Å². The van der Waals surface area contributed by atoms with Gasteiger partial charge in [0.1, 0.15) is 0 Å². The SMILES string of the molecule is c1ccc(N(c2ccccc2)c2ccc(-c3ccc4c(c3)c3cc(-c5ccc(N(c6ccccc6)c6ccccc6)cc5)ccc3n4-c3cccc4ccccc34)cc2)cc1. The maximum Gasteiger partial charge on any atom is 0.0541 e. The van der Waals surface area contributed by atoms with Gasteiger partial charge in [-0.2, -0.15) is 0 Å². The van der Waals surface area contributed by atoms with Crippen LogP contribution in [0.5, 0.6) is 0 Å². The number of benzene rings is 10. The van der Waals surface area contributed by atoms with Crippen molar-refractivity contribution in [2.24, 2.45) is 0 Å². The molecule has 11 aromatic rings. The first-order chi connectivity index (χ1) is 30.3. The summed E-state index contributed by atoms with van der Waals surface area (Å²) in [6, 6.07) is 89.4. The Morgan fingerprint density at radius 3 is 1.02 bits per heavy atom. The Labute approximate surface area is 356 Å². The molecule has 1 heterocycles. The summed E-state index contributed by atoms with van der Waals surface area (Å²) in [7, 11) is 0. The molecule has 0 radical (unpaired) electrons. The quantitative estimate of drug-likeness (QED) is 0.145. The molecule has 10 aromatic carbocycles. The van der Waals surface area contributed by atoms with Crippen LogP contribution in [0.15, 0.2) is 249 Å². The predicted molar refractivity (Wildman–Crippen MR) is 259 cm³/mol. The highest BCUT2D eigenvalue weighted by atomic mass is 15.1. The van der Waals surface area contributed by atoms with E-state index in [1.165, 1.54) is 60.5 Å². The van der Waals surface area contributed by atoms with Crippen LogP contribution in [0.3, 0.4) is 0 Å². The van der Waals surface area contributed by atoms with Crippen LogP contribution in [-0.2, 0) is 0 Å². The highest BCUT2D eigenvalue weighted by Gasteiger charge is 2.18. The molecule has 0 fully saturated rings. The molecule has 0 aliphatic rings. The molecular weight excluding hydrogens is 739 g/mol.